The van der Waals surface area contributed by atoms with Crippen LogP contribution in [0.3, 0.4) is 0 Å². The van der Waals surface area contributed by atoms with Crippen molar-refractivity contribution in [2.75, 3.05) is 26.2 Å². The number of hydrogen-bond donors (Lipinski definition) is 1. The van der Waals surface area contributed by atoms with Crippen LogP contribution in [0.2, 0.25) is 0 Å². The first-order chi connectivity index (χ1) is 9.38. The van der Waals surface area contributed by atoms with Gasteiger partial charge in [0.15, 0.2) is 0 Å². The molecule has 0 aromatic heterocycles. The molecule has 1 heterocycles. The average molecular weight is 268 g/mol. The standard InChI is InChI=1S/C17H36N2/c1-3-5-6-7-8-9-10-11-14-19-15-12-13-17(19)16-18-4-2/h17-18H,3-16H2,1-2H3. The quantitative estimate of drug-likeness (QED) is 0.534. The van der Waals surface area contributed by atoms with Crippen LogP contribution in [0, 0.1) is 0 Å². The smallest absolute Gasteiger partial charge is 0.0221 e. The summed E-state index contributed by atoms with van der Waals surface area (Å²) in [4.78, 5) is 2.72. The molecule has 2 nitrogen and oxygen atoms in total. The summed E-state index contributed by atoms with van der Waals surface area (Å²) in [6.45, 7) is 9.49. The van der Waals surface area contributed by atoms with Crippen LogP contribution in [0.5, 0.6) is 0 Å². The summed E-state index contributed by atoms with van der Waals surface area (Å²) in [5.41, 5.74) is 0. The fraction of sp³-hybridized carbons (Fsp3) is 1.00. The van der Waals surface area contributed by atoms with Gasteiger partial charge in [0.25, 0.3) is 0 Å². The molecule has 1 atom stereocenters. The van der Waals surface area contributed by atoms with Crippen molar-refractivity contribution in [3.05, 3.63) is 0 Å². The highest BCUT2D eigenvalue weighted by atomic mass is 15.2. The zero-order valence-corrected chi connectivity index (χ0v) is 13.4. The van der Waals surface area contributed by atoms with Crippen molar-refractivity contribution < 1.29 is 0 Å². The lowest BCUT2D eigenvalue weighted by molar-refractivity contribution is 0.242. The van der Waals surface area contributed by atoms with E-state index in [1.165, 1.54) is 83.8 Å². The van der Waals surface area contributed by atoms with Gasteiger partial charge < -0.3 is 5.32 Å². The Morgan fingerprint density at radius 1 is 0.947 bits per heavy atom. The summed E-state index contributed by atoms with van der Waals surface area (Å²) in [6.07, 6.45) is 14.3. The molecule has 0 aliphatic carbocycles. The van der Waals surface area contributed by atoms with Gasteiger partial charge in [-0.25, -0.2) is 0 Å². The van der Waals surface area contributed by atoms with Crippen LogP contribution in [0.15, 0.2) is 0 Å². The van der Waals surface area contributed by atoms with E-state index in [-0.39, 0.29) is 0 Å². The SMILES string of the molecule is CCCCCCCCCCN1CCCC1CNCC. The molecule has 114 valence electrons. The zero-order valence-electron chi connectivity index (χ0n) is 13.4. The van der Waals surface area contributed by atoms with Gasteiger partial charge in [-0.1, -0.05) is 58.8 Å². The van der Waals surface area contributed by atoms with Crippen molar-refractivity contribution in [3.8, 4) is 0 Å². The molecule has 1 saturated heterocycles. The maximum absolute atomic E-state index is 3.51. The van der Waals surface area contributed by atoms with Gasteiger partial charge in [0.2, 0.25) is 0 Å². The van der Waals surface area contributed by atoms with Crippen molar-refractivity contribution >= 4 is 0 Å². The predicted molar refractivity (Wildman–Crippen MR) is 85.7 cm³/mol. The molecular formula is C17H36N2. The fourth-order valence-electron chi connectivity index (χ4n) is 3.18. The topological polar surface area (TPSA) is 15.3 Å². The van der Waals surface area contributed by atoms with E-state index in [4.69, 9.17) is 0 Å². The summed E-state index contributed by atoms with van der Waals surface area (Å²) in [5, 5.41) is 3.51. The van der Waals surface area contributed by atoms with E-state index in [0.717, 1.165) is 12.6 Å². The average Bonchev–Trinajstić information content (AvgIpc) is 2.87. The first kappa shape index (κ1) is 17.0. The molecule has 1 N–H and O–H groups in total. The fourth-order valence-corrected chi connectivity index (χ4v) is 3.18. The van der Waals surface area contributed by atoms with Gasteiger partial charge in [-0.15, -0.1) is 0 Å². The Balaban J connectivity index is 1.93. The van der Waals surface area contributed by atoms with Crippen LogP contribution in [0.25, 0.3) is 0 Å². The molecule has 1 aliphatic heterocycles. The Morgan fingerprint density at radius 3 is 2.32 bits per heavy atom. The van der Waals surface area contributed by atoms with Crippen LogP contribution < -0.4 is 5.32 Å². The van der Waals surface area contributed by atoms with E-state index < -0.39 is 0 Å². The van der Waals surface area contributed by atoms with Gasteiger partial charge in [-0.3, -0.25) is 4.90 Å². The van der Waals surface area contributed by atoms with Gasteiger partial charge in [-0.05, 0) is 38.9 Å². The second-order valence-corrected chi connectivity index (χ2v) is 6.11. The summed E-state index contributed by atoms with van der Waals surface area (Å²) in [7, 11) is 0. The van der Waals surface area contributed by atoms with Crippen LogP contribution in [-0.2, 0) is 0 Å². The molecule has 1 unspecified atom stereocenters. The molecule has 0 radical (unpaired) electrons. The van der Waals surface area contributed by atoms with Crippen LogP contribution in [-0.4, -0.2) is 37.1 Å². The molecule has 2 heteroatoms. The number of rotatable bonds is 12. The first-order valence-corrected chi connectivity index (χ1v) is 8.83. The highest BCUT2D eigenvalue weighted by Gasteiger charge is 2.22. The van der Waals surface area contributed by atoms with Crippen molar-refractivity contribution in [1.29, 1.82) is 0 Å². The molecule has 1 rings (SSSR count). The second kappa shape index (κ2) is 11.7. The Labute approximate surface area is 121 Å². The molecule has 0 aromatic carbocycles. The van der Waals surface area contributed by atoms with E-state index >= 15 is 0 Å². The lowest BCUT2D eigenvalue weighted by Crippen LogP contribution is -2.38. The number of likely N-dealkylation sites (tertiary alicyclic amines) is 1. The third kappa shape index (κ3) is 7.94. The summed E-state index contributed by atoms with van der Waals surface area (Å²) < 4.78 is 0. The normalized spacial score (nSPS) is 20.2. The van der Waals surface area contributed by atoms with E-state index in [0.29, 0.717) is 0 Å². The molecule has 19 heavy (non-hydrogen) atoms. The Kier molecular flexibility index (Phi) is 10.5. The minimum atomic E-state index is 0.824. The largest absolute Gasteiger partial charge is 0.315 e. The molecule has 0 aromatic rings. The number of nitrogens with one attached hydrogen (secondary N) is 1. The minimum Gasteiger partial charge on any atom is -0.315 e. The third-order valence-electron chi connectivity index (χ3n) is 4.43. The van der Waals surface area contributed by atoms with Gasteiger partial charge in [0.05, 0.1) is 0 Å². The Hall–Kier alpha value is -0.0800. The van der Waals surface area contributed by atoms with Gasteiger partial charge in [0.1, 0.15) is 0 Å². The zero-order chi connectivity index (χ0) is 13.8. The van der Waals surface area contributed by atoms with Crippen LogP contribution in [0.1, 0.15) is 78.1 Å². The lowest BCUT2D eigenvalue weighted by atomic mass is 10.1. The van der Waals surface area contributed by atoms with Crippen molar-refractivity contribution in [1.82, 2.24) is 10.2 Å². The monoisotopic (exact) mass is 268 g/mol. The van der Waals surface area contributed by atoms with Crippen molar-refractivity contribution in [3.63, 3.8) is 0 Å². The van der Waals surface area contributed by atoms with E-state index in [9.17, 15) is 0 Å². The number of unbranched alkanes of at least 4 members (excludes halogenated alkanes) is 7. The van der Waals surface area contributed by atoms with Crippen LogP contribution >= 0.6 is 0 Å². The third-order valence-corrected chi connectivity index (χ3v) is 4.43. The van der Waals surface area contributed by atoms with E-state index in [2.05, 4.69) is 24.1 Å². The maximum Gasteiger partial charge on any atom is 0.0221 e. The van der Waals surface area contributed by atoms with Gasteiger partial charge in [0, 0.05) is 12.6 Å². The summed E-state index contributed by atoms with van der Waals surface area (Å²) >= 11 is 0. The lowest BCUT2D eigenvalue weighted by Gasteiger charge is -2.24. The number of hydrogen-bond acceptors (Lipinski definition) is 2. The number of likely N-dealkylation sites (N-methyl/N-ethyl adjacent to an activating group) is 1. The highest BCUT2D eigenvalue weighted by molar-refractivity contribution is 4.80. The highest BCUT2D eigenvalue weighted by Crippen LogP contribution is 2.17. The second-order valence-electron chi connectivity index (χ2n) is 6.11. The molecular weight excluding hydrogens is 232 g/mol. The number of nitrogens with zero attached hydrogens (tertiary/aromatic N) is 1. The Bertz CT molecular complexity index is 194. The molecule has 1 fully saturated rings. The minimum absolute atomic E-state index is 0.824. The van der Waals surface area contributed by atoms with E-state index in [1.54, 1.807) is 0 Å². The first-order valence-electron chi connectivity index (χ1n) is 8.83. The maximum atomic E-state index is 3.51. The molecule has 0 saturated carbocycles. The molecule has 0 bridgehead atoms. The van der Waals surface area contributed by atoms with Gasteiger partial charge in [-0.2, -0.15) is 0 Å². The molecule has 0 spiro atoms. The molecule has 0 amide bonds. The summed E-state index contributed by atoms with van der Waals surface area (Å²) in [5.74, 6) is 0. The molecule has 1 aliphatic rings. The van der Waals surface area contributed by atoms with Crippen molar-refractivity contribution in [2.24, 2.45) is 0 Å². The van der Waals surface area contributed by atoms with Gasteiger partial charge >= 0.3 is 0 Å². The van der Waals surface area contributed by atoms with Crippen LogP contribution in [0.4, 0.5) is 0 Å². The van der Waals surface area contributed by atoms with Crippen molar-refractivity contribution in [2.45, 2.75) is 84.1 Å². The predicted octanol–water partition coefficient (Wildman–Crippen LogP) is 4.20. The Morgan fingerprint density at radius 2 is 1.63 bits per heavy atom. The van der Waals surface area contributed by atoms with E-state index in [1.807, 2.05) is 0 Å². The summed E-state index contributed by atoms with van der Waals surface area (Å²) in [6, 6.07) is 0.824.